The number of nitrogens with one attached hydrogen (secondary N) is 1. The first-order valence-corrected chi connectivity index (χ1v) is 8.69. The molecule has 0 radical (unpaired) electrons. The van der Waals surface area contributed by atoms with Crippen LogP contribution < -0.4 is 5.32 Å². The highest BCUT2D eigenvalue weighted by Gasteiger charge is 2.03. The third-order valence-electron chi connectivity index (χ3n) is 4.07. The van der Waals surface area contributed by atoms with E-state index in [0.29, 0.717) is 0 Å². The van der Waals surface area contributed by atoms with E-state index < -0.39 is 0 Å². The van der Waals surface area contributed by atoms with Gasteiger partial charge in [-0.3, -0.25) is 0 Å². The molecular formula is C18H41N. The second kappa shape index (κ2) is 16.0. The molecule has 0 amide bonds. The highest BCUT2D eigenvalue weighted by molar-refractivity contribution is 4.57. The molecule has 0 spiro atoms. The van der Waals surface area contributed by atoms with Crippen molar-refractivity contribution < 1.29 is 0 Å². The van der Waals surface area contributed by atoms with E-state index in [4.69, 9.17) is 0 Å². The van der Waals surface area contributed by atoms with Gasteiger partial charge in [-0.2, -0.15) is 0 Å². The normalized spacial score (nSPS) is 12.5. The third-order valence-corrected chi connectivity index (χ3v) is 4.07. The van der Waals surface area contributed by atoms with Crippen molar-refractivity contribution in [1.29, 1.82) is 0 Å². The van der Waals surface area contributed by atoms with Crippen molar-refractivity contribution >= 4 is 0 Å². The van der Waals surface area contributed by atoms with Gasteiger partial charge in [0.1, 0.15) is 0 Å². The molecule has 1 heteroatoms. The molecule has 0 aromatic rings. The van der Waals surface area contributed by atoms with Gasteiger partial charge in [0.2, 0.25) is 0 Å². The zero-order chi connectivity index (χ0) is 15.1. The molecule has 1 unspecified atom stereocenters. The number of hydrogen-bond donors (Lipinski definition) is 1. The molecule has 118 valence electrons. The zero-order valence-electron chi connectivity index (χ0n) is 14.9. The molecular weight excluding hydrogens is 230 g/mol. The van der Waals surface area contributed by atoms with E-state index in [1.807, 2.05) is 7.05 Å². The van der Waals surface area contributed by atoms with Crippen molar-refractivity contribution in [1.82, 2.24) is 5.32 Å². The van der Waals surface area contributed by atoms with E-state index in [1.54, 1.807) is 0 Å². The van der Waals surface area contributed by atoms with Crippen LogP contribution in [0.2, 0.25) is 0 Å². The van der Waals surface area contributed by atoms with Gasteiger partial charge in [0, 0.05) is 0 Å². The van der Waals surface area contributed by atoms with Gasteiger partial charge in [-0.05, 0) is 37.8 Å². The predicted molar refractivity (Wildman–Crippen MR) is 90.8 cm³/mol. The van der Waals surface area contributed by atoms with Crippen LogP contribution in [0.3, 0.4) is 0 Å². The van der Waals surface area contributed by atoms with Gasteiger partial charge in [-0.15, -0.1) is 0 Å². The lowest BCUT2D eigenvalue weighted by molar-refractivity contribution is 0.403. The first-order chi connectivity index (χ1) is 9.05. The average molecular weight is 272 g/mol. The topological polar surface area (TPSA) is 12.0 Å². The van der Waals surface area contributed by atoms with E-state index in [9.17, 15) is 0 Å². The maximum absolute atomic E-state index is 3.20. The molecule has 0 saturated carbocycles. The molecule has 1 nitrogen and oxygen atoms in total. The van der Waals surface area contributed by atoms with Crippen molar-refractivity contribution in [2.75, 3.05) is 13.6 Å². The SMILES string of the molecule is CCC(CC)CCC(C)C.CCCC(CC)CNC. The first kappa shape index (κ1) is 21.3. The maximum Gasteiger partial charge on any atom is -0.00236 e. The van der Waals surface area contributed by atoms with Gasteiger partial charge in [-0.25, -0.2) is 0 Å². The summed E-state index contributed by atoms with van der Waals surface area (Å²) >= 11 is 0. The Hall–Kier alpha value is -0.0400. The van der Waals surface area contributed by atoms with Gasteiger partial charge < -0.3 is 5.32 Å². The molecule has 0 saturated heterocycles. The molecule has 0 aliphatic heterocycles. The predicted octanol–water partition coefficient (Wildman–Crippen LogP) is 5.89. The Balaban J connectivity index is 0. The van der Waals surface area contributed by atoms with Crippen LogP contribution in [-0.4, -0.2) is 13.6 Å². The Labute approximate surface area is 123 Å². The van der Waals surface area contributed by atoms with Gasteiger partial charge >= 0.3 is 0 Å². The second-order valence-corrected chi connectivity index (χ2v) is 6.27. The lowest BCUT2D eigenvalue weighted by Crippen LogP contribution is -2.17. The van der Waals surface area contributed by atoms with E-state index in [0.717, 1.165) is 17.8 Å². The minimum absolute atomic E-state index is 0.889. The molecule has 0 heterocycles. The van der Waals surface area contributed by atoms with Gasteiger partial charge in [0.15, 0.2) is 0 Å². The number of hydrogen-bond acceptors (Lipinski definition) is 1. The van der Waals surface area contributed by atoms with Crippen LogP contribution in [0, 0.1) is 17.8 Å². The van der Waals surface area contributed by atoms with Crippen LogP contribution in [0.25, 0.3) is 0 Å². The summed E-state index contributed by atoms with van der Waals surface area (Å²) in [5.74, 6) is 2.78. The van der Waals surface area contributed by atoms with Gasteiger partial charge in [0.25, 0.3) is 0 Å². The molecule has 0 aromatic heterocycles. The lowest BCUT2D eigenvalue weighted by atomic mass is 9.94. The summed E-state index contributed by atoms with van der Waals surface area (Å²) in [6.07, 6.45) is 9.58. The molecule has 1 N–H and O–H groups in total. The Bertz CT molecular complexity index is 144. The van der Waals surface area contributed by atoms with Crippen LogP contribution in [0.5, 0.6) is 0 Å². The van der Waals surface area contributed by atoms with Crippen molar-refractivity contribution in [3.8, 4) is 0 Å². The van der Waals surface area contributed by atoms with E-state index in [-0.39, 0.29) is 0 Å². The molecule has 1 atom stereocenters. The van der Waals surface area contributed by atoms with Crippen molar-refractivity contribution in [3.63, 3.8) is 0 Å². The van der Waals surface area contributed by atoms with Gasteiger partial charge in [0.05, 0.1) is 0 Å². The number of rotatable bonds is 10. The fourth-order valence-corrected chi connectivity index (χ4v) is 2.41. The zero-order valence-corrected chi connectivity index (χ0v) is 14.9. The van der Waals surface area contributed by atoms with E-state index in [2.05, 4.69) is 46.9 Å². The first-order valence-electron chi connectivity index (χ1n) is 8.69. The van der Waals surface area contributed by atoms with Gasteiger partial charge in [-0.1, -0.05) is 80.1 Å². The highest BCUT2D eigenvalue weighted by atomic mass is 14.8. The Morgan fingerprint density at radius 2 is 1.26 bits per heavy atom. The third kappa shape index (κ3) is 15.9. The summed E-state index contributed by atoms with van der Waals surface area (Å²) in [5.41, 5.74) is 0. The summed E-state index contributed by atoms with van der Waals surface area (Å²) < 4.78 is 0. The average Bonchev–Trinajstić information content (AvgIpc) is 2.40. The van der Waals surface area contributed by atoms with Crippen molar-refractivity contribution in [2.45, 2.75) is 86.5 Å². The fraction of sp³-hybridized carbons (Fsp3) is 1.00. The molecule has 19 heavy (non-hydrogen) atoms. The standard InChI is InChI=1S/C10H22.C8H19N/c1-5-10(6-2)8-7-9(3)4;1-4-6-8(5-2)7-9-3/h9-10H,5-8H2,1-4H3;8-9H,4-7H2,1-3H3. The minimum Gasteiger partial charge on any atom is -0.319 e. The quantitative estimate of drug-likeness (QED) is 0.522. The van der Waals surface area contributed by atoms with E-state index in [1.165, 1.54) is 51.5 Å². The Morgan fingerprint density at radius 1 is 0.737 bits per heavy atom. The van der Waals surface area contributed by atoms with Crippen LogP contribution in [0.15, 0.2) is 0 Å². The van der Waals surface area contributed by atoms with Crippen molar-refractivity contribution in [3.05, 3.63) is 0 Å². The molecule has 0 rings (SSSR count). The van der Waals surface area contributed by atoms with Crippen LogP contribution in [0.4, 0.5) is 0 Å². The molecule has 0 aliphatic rings. The van der Waals surface area contributed by atoms with Crippen LogP contribution in [0.1, 0.15) is 86.5 Å². The molecule has 0 bridgehead atoms. The highest BCUT2D eigenvalue weighted by Crippen LogP contribution is 2.17. The summed E-state index contributed by atoms with van der Waals surface area (Å²) in [6, 6.07) is 0. The minimum atomic E-state index is 0.889. The van der Waals surface area contributed by atoms with Crippen LogP contribution >= 0.6 is 0 Å². The fourth-order valence-electron chi connectivity index (χ4n) is 2.41. The smallest absolute Gasteiger partial charge is 0.00236 e. The lowest BCUT2D eigenvalue weighted by Gasteiger charge is -2.12. The molecule has 0 fully saturated rings. The largest absolute Gasteiger partial charge is 0.319 e. The summed E-state index contributed by atoms with van der Waals surface area (Å²) in [4.78, 5) is 0. The van der Waals surface area contributed by atoms with Crippen LogP contribution in [-0.2, 0) is 0 Å². The Kier molecular flexibility index (Phi) is 17.9. The van der Waals surface area contributed by atoms with E-state index >= 15 is 0 Å². The van der Waals surface area contributed by atoms with Crippen molar-refractivity contribution in [2.24, 2.45) is 17.8 Å². The molecule has 0 aliphatic carbocycles. The summed E-state index contributed by atoms with van der Waals surface area (Å²) in [5, 5.41) is 3.20. The maximum atomic E-state index is 3.20. The monoisotopic (exact) mass is 271 g/mol. The second-order valence-electron chi connectivity index (χ2n) is 6.27. The summed E-state index contributed by atoms with van der Waals surface area (Å²) in [7, 11) is 2.03. The Morgan fingerprint density at radius 3 is 1.58 bits per heavy atom. The summed E-state index contributed by atoms with van der Waals surface area (Å²) in [6.45, 7) is 14.9. The molecule has 0 aromatic carbocycles.